The number of carbonyl (C=O) groups is 1. The smallest absolute Gasteiger partial charge is 0.227 e. The molecule has 0 atom stereocenters. The first-order valence-electron chi connectivity index (χ1n) is 9.74. The second kappa shape index (κ2) is 8.71. The molecule has 2 heterocycles. The maximum Gasteiger partial charge on any atom is 0.227 e. The van der Waals surface area contributed by atoms with Crippen LogP contribution in [0.4, 0.5) is 5.69 Å². The molecule has 1 amide bonds. The van der Waals surface area contributed by atoms with Gasteiger partial charge in [-0.15, -0.1) is 0 Å². The van der Waals surface area contributed by atoms with Gasteiger partial charge in [0, 0.05) is 18.5 Å². The van der Waals surface area contributed by atoms with Crippen molar-refractivity contribution in [2.45, 2.75) is 44.5 Å². The molecule has 30 heavy (non-hydrogen) atoms. The maximum atomic E-state index is 12.4. The summed E-state index contributed by atoms with van der Waals surface area (Å²) in [5.41, 5.74) is 6.10. The molecule has 0 saturated heterocycles. The van der Waals surface area contributed by atoms with Gasteiger partial charge in [0.2, 0.25) is 11.8 Å². The van der Waals surface area contributed by atoms with Gasteiger partial charge in [-0.25, -0.2) is 4.98 Å². The molecule has 2 N–H and O–H groups in total. The normalized spacial score (nSPS) is 11.2. The van der Waals surface area contributed by atoms with E-state index in [2.05, 4.69) is 37.6 Å². The van der Waals surface area contributed by atoms with Gasteiger partial charge in [0.1, 0.15) is 0 Å². The highest BCUT2D eigenvalue weighted by Crippen LogP contribution is 2.23. The van der Waals surface area contributed by atoms with Gasteiger partial charge in [0.05, 0.1) is 16.8 Å². The van der Waals surface area contributed by atoms with E-state index in [9.17, 15) is 4.79 Å². The number of para-hydroxylation sites is 2. The Balaban J connectivity index is 1.29. The van der Waals surface area contributed by atoms with Crippen molar-refractivity contribution in [1.82, 2.24) is 20.1 Å². The van der Waals surface area contributed by atoms with Gasteiger partial charge in [-0.1, -0.05) is 46.7 Å². The van der Waals surface area contributed by atoms with Crippen molar-refractivity contribution >= 4 is 34.4 Å². The minimum absolute atomic E-state index is 0.0681. The van der Waals surface area contributed by atoms with Crippen LogP contribution in [0.15, 0.2) is 46.1 Å². The average Bonchev–Trinajstić information content (AvgIpc) is 3.33. The fourth-order valence-corrected chi connectivity index (χ4v) is 4.11. The zero-order chi connectivity index (χ0) is 21.1. The van der Waals surface area contributed by atoms with Crippen LogP contribution in [-0.4, -0.2) is 26.0 Å². The number of hydrogen-bond donors (Lipinski definition) is 2. The number of nitrogens with zero attached hydrogens (tertiary/aromatic N) is 3. The molecule has 0 bridgehead atoms. The Labute approximate surface area is 178 Å². The number of fused-ring (bicyclic) bond motifs is 1. The Morgan fingerprint density at radius 1 is 1.13 bits per heavy atom. The minimum Gasteiger partial charge on any atom is -0.339 e. The summed E-state index contributed by atoms with van der Waals surface area (Å²) in [4.78, 5) is 24.5. The molecule has 0 unspecified atom stereocenters. The van der Waals surface area contributed by atoms with E-state index in [0.29, 0.717) is 23.9 Å². The van der Waals surface area contributed by atoms with Crippen LogP contribution in [0, 0.1) is 20.8 Å². The number of carbonyl (C=O) groups excluding carboxylic acids is 1. The van der Waals surface area contributed by atoms with E-state index in [4.69, 9.17) is 4.52 Å². The van der Waals surface area contributed by atoms with Crippen molar-refractivity contribution in [2.24, 2.45) is 0 Å². The van der Waals surface area contributed by atoms with E-state index < -0.39 is 0 Å². The van der Waals surface area contributed by atoms with Crippen molar-refractivity contribution in [3.05, 3.63) is 64.8 Å². The van der Waals surface area contributed by atoms with E-state index in [1.807, 2.05) is 45.0 Å². The van der Waals surface area contributed by atoms with Crippen molar-refractivity contribution in [3.8, 4) is 0 Å². The number of H-pyrrole nitrogens is 1. The van der Waals surface area contributed by atoms with E-state index in [0.717, 1.165) is 33.0 Å². The average molecular weight is 422 g/mol. The third-order valence-electron chi connectivity index (χ3n) is 4.72. The van der Waals surface area contributed by atoms with Crippen LogP contribution in [0.25, 0.3) is 11.0 Å². The van der Waals surface area contributed by atoms with Crippen LogP contribution in [0.1, 0.15) is 34.8 Å². The van der Waals surface area contributed by atoms with Gasteiger partial charge in [-0.2, -0.15) is 4.98 Å². The predicted octanol–water partition coefficient (Wildman–Crippen LogP) is 4.73. The van der Waals surface area contributed by atoms with Gasteiger partial charge < -0.3 is 14.8 Å². The molecule has 0 aliphatic heterocycles. The molecule has 0 aliphatic carbocycles. The molecule has 2 aromatic heterocycles. The first-order valence-corrected chi connectivity index (χ1v) is 10.7. The number of rotatable bonds is 7. The van der Waals surface area contributed by atoms with Gasteiger partial charge in [-0.05, 0) is 44.0 Å². The summed E-state index contributed by atoms with van der Waals surface area (Å²) in [5, 5.41) is 7.81. The van der Waals surface area contributed by atoms with Crippen molar-refractivity contribution in [2.75, 3.05) is 5.32 Å². The molecule has 0 spiro atoms. The zero-order valence-electron chi connectivity index (χ0n) is 17.2. The number of anilines is 1. The lowest BCUT2D eigenvalue weighted by atomic mass is 10.0. The Hall–Kier alpha value is -3.13. The second-order valence-electron chi connectivity index (χ2n) is 7.27. The van der Waals surface area contributed by atoms with Crippen LogP contribution in [0.5, 0.6) is 0 Å². The molecule has 154 valence electrons. The lowest BCUT2D eigenvalue weighted by molar-refractivity contribution is -0.116. The number of nitrogens with one attached hydrogen (secondary N) is 2. The topological polar surface area (TPSA) is 96.7 Å². The zero-order valence-corrected chi connectivity index (χ0v) is 18.0. The molecule has 0 radical (unpaired) electrons. The van der Waals surface area contributed by atoms with Crippen LogP contribution >= 0.6 is 11.8 Å². The molecular formula is C22H23N5O2S. The van der Waals surface area contributed by atoms with Gasteiger partial charge >= 0.3 is 0 Å². The molecule has 7 nitrogen and oxygen atoms in total. The molecule has 4 rings (SSSR count). The largest absolute Gasteiger partial charge is 0.339 e. The number of amides is 1. The summed E-state index contributed by atoms with van der Waals surface area (Å²) in [6, 6.07) is 12.0. The Bertz CT molecular complexity index is 1140. The highest BCUT2D eigenvalue weighted by atomic mass is 32.2. The van der Waals surface area contributed by atoms with Crippen molar-refractivity contribution in [3.63, 3.8) is 0 Å². The third kappa shape index (κ3) is 4.71. The monoisotopic (exact) mass is 421 g/mol. The number of thioether (sulfide) groups is 1. The van der Waals surface area contributed by atoms with Crippen molar-refractivity contribution in [1.29, 1.82) is 0 Å². The first-order chi connectivity index (χ1) is 14.5. The standard InChI is InChI=1S/C22H23N5O2S/c1-13-10-14(2)21(15(3)11-13)26-19(28)8-9-20-25-18(27-29-20)12-30-22-23-16-6-4-5-7-17(16)24-22/h4-7,10-11H,8-9,12H2,1-3H3,(H,23,24)(H,26,28). The number of benzene rings is 2. The highest BCUT2D eigenvalue weighted by Gasteiger charge is 2.13. The third-order valence-corrected chi connectivity index (χ3v) is 5.59. The first kappa shape index (κ1) is 20.2. The quantitative estimate of drug-likeness (QED) is 0.419. The molecule has 2 aromatic carbocycles. The van der Waals surface area contributed by atoms with Crippen LogP contribution in [0.3, 0.4) is 0 Å². The lowest BCUT2D eigenvalue weighted by Gasteiger charge is -2.12. The fourth-order valence-electron chi connectivity index (χ4n) is 3.38. The summed E-state index contributed by atoms with van der Waals surface area (Å²) < 4.78 is 5.29. The SMILES string of the molecule is Cc1cc(C)c(NC(=O)CCc2nc(CSc3nc4ccccc4[nH]3)no2)c(C)c1. The van der Waals surface area contributed by atoms with Crippen LogP contribution < -0.4 is 5.32 Å². The summed E-state index contributed by atoms with van der Waals surface area (Å²) in [7, 11) is 0. The number of aromatic amines is 1. The molecular weight excluding hydrogens is 398 g/mol. The minimum atomic E-state index is -0.0681. The Morgan fingerprint density at radius 2 is 1.90 bits per heavy atom. The lowest BCUT2D eigenvalue weighted by Crippen LogP contribution is -2.14. The van der Waals surface area contributed by atoms with E-state index in [1.165, 1.54) is 17.3 Å². The highest BCUT2D eigenvalue weighted by molar-refractivity contribution is 7.98. The maximum absolute atomic E-state index is 12.4. The van der Waals surface area contributed by atoms with Gasteiger partial charge in [0.15, 0.2) is 11.0 Å². The molecule has 0 fully saturated rings. The molecule has 8 heteroatoms. The summed E-state index contributed by atoms with van der Waals surface area (Å²) in [5.74, 6) is 1.52. The number of hydrogen-bond acceptors (Lipinski definition) is 6. The van der Waals surface area contributed by atoms with Gasteiger partial charge in [0.25, 0.3) is 0 Å². The number of imidazole rings is 1. The summed E-state index contributed by atoms with van der Waals surface area (Å²) >= 11 is 1.51. The summed E-state index contributed by atoms with van der Waals surface area (Å²) in [6.07, 6.45) is 0.684. The fraction of sp³-hybridized carbons (Fsp3) is 0.273. The number of aryl methyl sites for hydroxylation is 4. The van der Waals surface area contributed by atoms with E-state index >= 15 is 0 Å². The van der Waals surface area contributed by atoms with Crippen molar-refractivity contribution < 1.29 is 9.32 Å². The Kier molecular flexibility index (Phi) is 5.85. The van der Waals surface area contributed by atoms with Gasteiger partial charge in [-0.3, -0.25) is 4.79 Å². The molecule has 0 aliphatic rings. The Morgan fingerprint density at radius 3 is 2.67 bits per heavy atom. The van der Waals surface area contributed by atoms with Crippen LogP contribution in [-0.2, 0) is 17.0 Å². The van der Waals surface area contributed by atoms with E-state index in [1.54, 1.807) is 0 Å². The number of aromatic nitrogens is 4. The van der Waals surface area contributed by atoms with E-state index in [-0.39, 0.29) is 12.3 Å². The second-order valence-corrected chi connectivity index (χ2v) is 8.24. The van der Waals surface area contributed by atoms with Crippen LogP contribution in [0.2, 0.25) is 0 Å². The molecule has 4 aromatic rings. The predicted molar refractivity (Wildman–Crippen MR) is 118 cm³/mol. The summed E-state index contributed by atoms with van der Waals surface area (Å²) in [6.45, 7) is 6.05. The molecule has 0 saturated carbocycles.